The van der Waals surface area contributed by atoms with Gasteiger partial charge in [0.15, 0.2) is 11.3 Å². The molecule has 0 aliphatic heterocycles. The minimum absolute atomic E-state index is 0.0753. The van der Waals surface area contributed by atoms with Gasteiger partial charge in [-0.3, -0.25) is 10.2 Å². The summed E-state index contributed by atoms with van der Waals surface area (Å²) in [5.74, 6) is 0.407. The predicted molar refractivity (Wildman–Crippen MR) is 77.5 cm³/mol. The second-order valence-corrected chi connectivity index (χ2v) is 4.18. The van der Waals surface area contributed by atoms with Crippen LogP contribution in [0.3, 0.4) is 0 Å². The third-order valence-corrected chi connectivity index (χ3v) is 2.60. The number of rotatable bonds is 4. The SMILES string of the molecule is CCOc1ccc(Nc2nc(N)c(=N)n(C(C)=O)n2)cc1. The first-order valence-corrected chi connectivity index (χ1v) is 6.33. The molecule has 1 aromatic heterocycles. The third kappa shape index (κ3) is 3.35. The van der Waals surface area contributed by atoms with Gasteiger partial charge in [0, 0.05) is 12.6 Å². The summed E-state index contributed by atoms with van der Waals surface area (Å²) in [5, 5.41) is 14.5. The van der Waals surface area contributed by atoms with E-state index in [4.69, 9.17) is 15.9 Å². The fourth-order valence-electron chi connectivity index (χ4n) is 1.65. The van der Waals surface area contributed by atoms with Crippen molar-refractivity contribution in [3.05, 3.63) is 29.8 Å². The molecule has 0 aliphatic rings. The number of carbonyl (C=O) groups excluding carboxylic acids is 1. The molecule has 0 spiro atoms. The Morgan fingerprint density at radius 3 is 2.67 bits per heavy atom. The number of nitrogens with one attached hydrogen (secondary N) is 2. The van der Waals surface area contributed by atoms with Gasteiger partial charge in [-0.05, 0) is 31.2 Å². The maximum absolute atomic E-state index is 11.4. The van der Waals surface area contributed by atoms with Crippen LogP contribution in [0.5, 0.6) is 5.75 Å². The number of anilines is 3. The Labute approximate surface area is 121 Å². The molecular weight excluding hydrogens is 272 g/mol. The Kier molecular flexibility index (Phi) is 4.17. The Morgan fingerprint density at radius 1 is 1.43 bits per heavy atom. The van der Waals surface area contributed by atoms with Crippen LogP contribution in [0, 0.1) is 5.41 Å². The van der Waals surface area contributed by atoms with Crippen molar-refractivity contribution < 1.29 is 9.53 Å². The number of hydrogen-bond acceptors (Lipinski definition) is 7. The van der Waals surface area contributed by atoms with Gasteiger partial charge in [-0.2, -0.15) is 9.67 Å². The number of carbonyl (C=O) groups is 1. The molecule has 8 heteroatoms. The highest BCUT2D eigenvalue weighted by Gasteiger charge is 2.08. The maximum atomic E-state index is 11.4. The Hall–Kier alpha value is -2.90. The topological polar surface area (TPSA) is 119 Å². The minimum Gasteiger partial charge on any atom is -0.494 e. The lowest BCUT2D eigenvalue weighted by Crippen LogP contribution is -2.31. The lowest BCUT2D eigenvalue weighted by Gasteiger charge is -2.09. The number of benzene rings is 1. The lowest BCUT2D eigenvalue weighted by molar-refractivity contribution is 0.0913. The van der Waals surface area contributed by atoms with Crippen LogP contribution in [0.25, 0.3) is 0 Å². The van der Waals surface area contributed by atoms with E-state index in [-0.39, 0.29) is 17.3 Å². The van der Waals surface area contributed by atoms with Gasteiger partial charge in [0.25, 0.3) is 0 Å². The van der Waals surface area contributed by atoms with E-state index in [0.29, 0.717) is 12.3 Å². The number of nitrogens with zero attached hydrogens (tertiary/aromatic N) is 3. The summed E-state index contributed by atoms with van der Waals surface area (Å²) in [6.45, 7) is 3.80. The molecule has 0 saturated heterocycles. The van der Waals surface area contributed by atoms with E-state index in [0.717, 1.165) is 10.4 Å². The summed E-state index contributed by atoms with van der Waals surface area (Å²) in [6.07, 6.45) is 0. The van der Waals surface area contributed by atoms with Gasteiger partial charge in [-0.25, -0.2) is 0 Å². The summed E-state index contributed by atoms with van der Waals surface area (Å²) in [4.78, 5) is 15.3. The number of hydrogen-bond donors (Lipinski definition) is 3. The largest absolute Gasteiger partial charge is 0.494 e. The molecule has 0 bridgehead atoms. The van der Waals surface area contributed by atoms with Crippen LogP contribution in [-0.4, -0.2) is 27.3 Å². The van der Waals surface area contributed by atoms with Crippen LogP contribution in [0.2, 0.25) is 0 Å². The first kappa shape index (κ1) is 14.5. The van der Waals surface area contributed by atoms with Gasteiger partial charge < -0.3 is 15.8 Å². The molecular formula is C13H16N6O2. The van der Waals surface area contributed by atoms with Crippen LogP contribution in [0.4, 0.5) is 17.5 Å². The number of ether oxygens (including phenoxy) is 1. The molecule has 0 saturated carbocycles. The molecule has 21 heavy (non-hydrogen) atoms. The average molecular weight is 288 g/mol. The maximum Gasteiger partial charge on any atom is 0.247 e. The van der Waals surface area contributed by atoms with Crippen molar-refractivity contribution in [1.82, 2.24) is 14.8 Å². The second-order valence-electron chi connectivity index (χ2n) is 4.18. The smallest absolute Gasteiger partial charge is 0.247 e. The Balaban J connectivity index is 2.27. The molecule has 0 radical (unpaired) electrons. The van der Waals surface area contributed by atoms with E-state index in [2.05, 4.69) is 15.4 Å². The van der Waals surface area contributed by atoms with E-state index >= 15 is 0 Å². The van der Waals surface area contributed by atoms with Crippen LogP contribution in [-0.2, 0) is 0 Å². The van der Waals surface area contributed by atoms with E-state index in [1.807, 2.05) is 6.92 Å². The third-order valence-electron chi connectivity index (χ3n) is 2.60. The average Bonchev–Trinajstić information content (AvgIpc) is 2.45. The molecule has 4 N–H and O–H groups in total. The van der Waals surface area contributed by atoms with E-state index < -0.39 is 5.91 Å². The van der Waals surface area contributed by atoms with Crippen molar-refractivity contribution in [1.29, 1.82) is 5.41 Å². The van der Waals surface area contributed by atoms with Crippen molar-refractivity contribution in [3.8, 4) is 5.75 Å². The Bertz CT molecular complexity index is 708. The number of nitrogens with two attached hydrogens (primary N) is 1. The van der Waals surface area contributed by atoms with E-state index in [9.17, 15) is 4.79 Å². The van der Waals surface area contributed by atoms with E-state index in [1.165, 1.54) is 6.92 Å². The first-order chi connectivity index (χ1) is 10.0. The van der Waals surface area contributed by atoms with E-state index in [1.54, 1.807) is 24.3 Å². The van der Waals surface area contributed by atoms with Gasteiger partial charge in [0.05, 0.1) is 6.61 Å². The van der Waals surface area contributed by atoms with Crippen molar-refractivity contribution in [2.24, 2.45) is 0 Å². The first-order valence-electron chi connectivity index (χ1n) is 6.33. The molecule has 1 heterocycles. The fourth-order valence-corrected chi connectivity index (χ4v) is 1.65. The molecule has 0 aliphatic carbocycles. The highest BCUT2D eigenvalue weighted by molar-refractivity contribution is 5.75. The summed E-state index contributed by atoms with van der Waals surface area (Å²) >= 11 is 0. The highest BCUT2D eigenvalue weighted by Crippen LogP contribution is 2.17. The molecule has 110 valence electrons. The summed E-state index contributed by atoms with van der Waals surface area (Å²) in [6, 6.07) is 7.18. The minimum atomic E-state index is -0.413. The quantitative estimate of drug-likeness (QED) is 0.776. The van der Waals surface area contributed by atoms with Gasteiger partial charge >= 0.3 is 0 Å². The summed E-state index contributed by atoms with van der Waals surface area (Å²) in [5.41, 5.74) is 6.08. The standard InChI is InChI=1S/C13H16N6O2/c1-3-21-10-6-4-9(5-7-10)16-13-17-11(14)12(15)19(18-13)8(2)20/h4-7,15H,3H2,1-2H3,(H3,14,16,17,18). The van der Waals surface area contributed by atoms with Crippen LogP contribution in [0.1, 0.15) is 18.6 Å². The number of nitrogen functional groups attached to an aromatic ring is 1. The molecule has 0 fully saturated rings. The molecule has 0 atom stereocenters. The zero-order chi connectivity index (χ0) is 15.4. The van der Waals surface area contributed by atoms with Gasteiger partial charge in [-0.1, -0.05) is 0 Å². The molecule has 0 unspecified atom stereocenters. The Morgan fingerprint density at radius 2 is 2.10 bits per heavy atom. The molecule has 2 aromatic rings. The second kappa shape index (κ2) is 6.04. The number of aromatic nitrogens is 3. The van der Waals surface area contributed by atoms with Crippen molar-refractivity contribution in [3.63, 3.8) is 0 Å². The molecule has 1 aromatic carbocycles. The lowest BCUT2D eigenvalue weighted by atomic mass is 10.3. The fraction of sp³-hybridized carbons (Fsp3) is 0.231. The molecule has 0 amide bonds. The zero-order valence-electron chi connectivity index (χ0n) is 11.8. The molecule has 2 rings (SSSR count). The highest BCUT2D eigenvalue weighted by atomic mass is 16.5. The van der Waals surface area contributed by atoms with Crippen LogP contribution in [0.15, 0.2) is 24.3 Å². The van der Waals surface area contributed by atoms with Crippen LogP contribution < -0.4 is 21.3 Å². The monoisotopic (exact) mass is 288 g/mol. The zero-order valence-corrected chi connectivity index (χ0v) is 11.8. The van der Waals surface area contributed by atoms with Gasteiger partial charge in [-0.15, -0.1) is 5.10 Å². The van der Waals surface area contributed by atoms with Crippen molar-refractivity contribution >= 4 is 23.4 Å². The van der Waals surface area contributed by atoms with Gasteiger partial charge in [0.2, 0.25) is 11.9 Å². The van der Waals surface area contributed by atoms with Crippen molar-refractivity contribution in [2.45, 2.75) is 13.8 Å². The molecule has 8 nitrogen and oxygen atoms in total. The predicted octanol–water partition coefficient (Wildman–Crippen LogP) is 1.14. The summed E-state index contributed by atoms with van der Waals surface area (Å²) < 4.78 is 6.23. The van der Waals surface area contributed by atoms with Gasteiger partial charge in [0.1, 0.15) is 5.75 Å². The normalized spacial score (nSPS) is 10.2. The van der Waals surface area contributed by atoms with Crippen molar-refractivity contribution in [2.75, 3.05) is 17.7 Å². The summed E-state index contributed by atoms with van der Waals surface area (Å²) in [7, 11) is 0. The van der Waals surface area contributed by atoms with Crippen LogP contribution >= 0.6 is 0 Å².